The number of ether oxygens (including phenoxy) is 1. The molecule has 0 aliphatic carbocycles. The van der Waals surface area contributed by atoms with Crippen molar-refractivity contribution in [3.63, 3.8) is 0 Å². The van der Waals surface area contributed by atoms with Gasteiger partial charge < -0.3 is 9.64 Å². The van der Waals surface area contributed by atoms with Gasteiger partial charge in [0.2, 0.25) is 5.82 Å². The first-order valence-electron chi connectivity index (χ1n) is 11.0. The minimum absolute atomic E-state index is 0.0337. The summed E-state index contributed by atoms with van der Waals surface area (Å²) in [5, 5.41) is 5.50. The van der Waals surface area contributed by atoms with E-state index in [1.807, 2.05) is 18.2 Å². The lowest BCUT2D eigenvalue weighted by Crippen LogP contribution is -2.36. The summed E-state index contributed by atoms with van der Waals surface area (Å²) in [5.74, 6) is -0.546. The smallest absolute Gasteiger partial charge is 0.304 e. The van der Waals surface area contributed by atoms with Crippen LogP contribution in [-0.4, -0.2) is 50.3 Å². The van der Waals surface area contributed by atoms with Crippen molar-refractivity contribution >= 4 is 40.8 Å². The van der Waals surface area contributed by atoms with Crippen molar-refractivity contribution in [2.45, 2.75) is 32.4 Å². The SMILES string of the molecule is CC(=O)OC1N=C(c2ccccc2Cl)c2cc(Cl)ccc2-n2nc(C(=O)N3CCCCC3)nc21. The van der Waals surface area contributed by atoms with Gasteiger partial charge in [0.25, 0.3) is 12.1 Å². The molecular formula is C24H21Cl2N5O3. The van der Waals surface area contributed by atoms with Gasteiger partial charge in [-0.25, -0.2) is 14.7 Å². The molecule has 1 saturated heterocycles. The van der Waals surface area contributed by atoms with E-state index in [2.05, 4.69) is 10.1 Å². The Morgan fingerprint density at radius 3 is 2.53 bits per heavy atom. The Hall–Kier alpha value is -3.23. The number of esters is 1. The second-order valence-electron chi connectivity index (χ2n) is 8.14. The topological polar surface area (TPSA) is 89.7 Å². The summed E-state index contributed by atoms with van der Waals surface area (Å²) in [5.41, 5.74) is 2.34. The van der Waals surface area contributed by atoms with E-state index >= 15 is 0 Å². The molecule has 1 amide bonds. The number of carbonyl (C=O) groups excluding carboxylic acids is 2. The maximum Gasteiger partial charge on any atom is 0.304 e. The molecule has 3 aromatic rings. The third-order valence-electron chi connectivity index (χ3n) is 5.78. The van der Waals surface area contributed by atoms with E-state index in [4.69, 9.17) is 32.9 Å². The van der Waals surface area contributed by atoms with Gasteiger partial charge in [-0.1, -0.05) is 41.4 Å². The first-order chi connectivity index (χ1) is 16.4. The average molecular weight is 498 g/mol. The van der Waals surface area contributed by atoms with Crippen LogP contribution in [0, 0.1) is 0 Å². The van der Waals surface area contributed by atoms with Crippen LogP contribution in [0.4, 0.5) is 0 Å². The Morgan fingerprint density at radius 1 is 1.03 bits per heavy atom. The molecule has 1 fully saturated rings. The fraction of sp³-hybridized carbons (Fsp3) is 0.292. The van der Waals surface area contributed by atoms with E-state index in [9.17, 15) is 9.59 Å². The van der Waals surface area contributed by atoms with Gasteiger partial charge in [-0.2, -0.15) is 0 Å². The molecule has 1 atom stereocenters. The molecule has 0 radical (unpaired) electrons. The maximum absolute atomic E-state index is 13.1. The number of nitrogens with zero attached hydrogens (tertiary/aromatic N) is 5. The van der Waals surface area contributed by atoms with E-state index < -0.39 is 12.2 Å². The van der Waals surface area contributed by atoms with Gasteiger partial charge in [0.1, 0.15) is 0 Å². The Morgan fingerprint density at radius 2 is 1.79 bits per heavy atom. The third kappa shape index (κ3) is 4.19. The number of hydrogen-bond acceptors (Lipinski definition) is 6. The number of carbonyl (C=O) groups is 2. The molecular weight excluding hydrogens is 477 g/mol. The molecule has 10 heteroatoms. The van der Waals surface area contributed by atoms with Gasteiger partial charge in [0.15, 0.2) is 5.82 Å². The van der Waals surface area contributed by atoms with Crippen molar-refractivity contribution in [1.29, 1.82) is 0 Å². The second kappa shape index (κ2) is 9.19. The lowest BCUT2D eigenvalue weighted by molar-refractivity contribution is -0.146. The Labute approximate surface area is 206 Å². The number of benzene rings is 2. The molecule has 2 aliphatic rings. The predicted molar refractivity (Wildman–Crippen MR) is 128 cm³/mol. The van der Waals surface area contributed by atoms with Crippen molar-refractivity contribution < 1.29 is 14.3 Å². The third-order valence-corrected chi connectivity index (χ3v) is 6.35. The van der Waals surface area contributed by atoms with E-state index in [1.54, 1.807) is 29.2 Å². The van der Waals surface area contributed by atoms with Gasteiger partial charge in [0, 0.05) is 41.2 Å². The minimum Gasteiger partial charge on any atom is -0.432 e. The van der Waals surface area contributed by atoms with Crippen LogP contribution >= 0.6 is 23.2 Å². The van der Waals surface area contributed by atoms with Gasteiger partial charge >= 0.3 is 5.97 Å². The zero-order valence-corrected chi connectivity index (χ0v) is 19.9. The lowest BCUT2D eigenvalue weighted by atomic mass is 10.0. The number of rotatable bonds is 3. The first kappa shape index (κ1) is 22.6. The van der Waals surface area contributed by atoms with Gasteiger partial charge in [-0.05, 0) is 43.5 Å². The van der Waals surface area contributed by atoms with Crippen molar-refractivity contribution in [2.75, 3.05) is 13.1 Å². The highest BCUT2D eigenvalue weighted by Gasteiger charge is 2.33. The molecule has 2 aromatic carbocycles. The van der Waals surface area contributed by atoms with E-state index in [0.717, 1.165) is 19.3 Å². The van der Waals surface area contributed by atoms with Crippen molar-refractivity contribution in [2.24, 2.45) is 4.99 Å². The fourth-order valence-electron chi connectivity index (χ4n) is 4.22. The number of hydrogen-bond donors (Lipinski definition) is 0. The summed E-state index contributed by atoms with van der Waals surface area (Å²) in [4.78, 5) is 36.1. The highest BCUT2D eigenvalue weighted by atomic mass is 35.5. The summed E-state index contributed by atoms with van der Waals surface area (Å²) in [7, 11) is 0. The van der Waals surface area contributed by atoms with Crippen LogP contribution in [0.15, 0.2) is 47.5 Å². The second-order valence-corrected chi connectivity index (χ2v) is 8.98. The van der Waals surface area contributed by atoms with Crippen LogP contribution in [0.25, 0.3) is 5.69 Å². The molecule has 0 spiro atoms. The summed E-state index contributed by atoms with van der Waals surface area (Å²) in [6.45, 7) is 2.62. The van der Waals surface area contributed by atoms with E-state index in [1.165, 1.54) is 11.6 Å². The van der Waals surface area contributed by atoms with E-state index in [0.29, 0.717) is 45.7 Å². The van der Waals surface area contributed by atoms with Crippen molar-refractivity contribution in [3.8, 4) is 5.69 Å². The molecule has 1 unspecified atom stereocenters. The number of aliphatic imine (C=N–C) groups is 1. The number of amides is 1. The van der Waals surface area contributed by atoms with Crippen molar-refractivity contribution in [3.05, 3.63) is 75.3 Å². The molecule has 3 heterocycles. The quantitative estimate of drug-likeness (QED) is 0.492. The summed E-state index contributed by atoms with van der Waals surface area (Å²) < 4.78 is 7.04. The number of halogens is 2. The molecule has 34 heavy (non-hydrogen) atoms. The zero-order chi connectivity index (χ0) is 23.8. The van der Waals surface area contributed by atoms with Gasteiger partial charge in [-0.3, -0.25) is 9.59 Å². The van der Waals surface area contributed by atoms with E-state index in [-0.39, 0.29) is 17.6 Å². The van der Waals surface area contributed by atoms with Crippen LogP contribution in [0.1, 0.15) is 60.0 Å². The number of likely N-dealkylation sites (tertiary alicyclic amines) is 1. The highest BCUT2D eigenvalue weighted by Crippen LogP contribution is 2.33. The van der Waals surface area contributed by atoms with Crippen LogP contribution in [-0.2, 0) is 9.53 Å². The summed E-state index contributed by atoms with van der Waals surface area (Å²) in [6, 6.07) is 12.5. The van der Waals surface area contributed by atoms with Gasteiger partial charge in [-0.15, -0.1) is 5.10 Å². The predicted octanol–water partition coefficient (Wildman–Crippen LogP) is 4.61. The fourth-order valence-corrected chi connectivity index (χ4v) is 4.62. The monoisotopic (exact) mass is 497 g/mol. The minimum atomic E-state index is -1.13. The zero-order valence-electron chi connectivity index (χ0n) is 18.4. The standard InChI is InChI=1S/C24H21Cl2N5O3/c1-14(32)34-23-22-28-21(24(33)30-11-5-2-6-12-30)29-31(22)19-10-9-15(25)13-17(19)20(27-23)16-7-3-4-8-18(16)26/h3-4,7-10,13,23H,2,5-6,11-12H2,1H3. The summed E-state index contributed by atoms with van der Waals surface area (Å²) >= 11 is 12.8. The number of aromatic nitrogens is 3. The van der Waals surface area contributed by atoms with Crippen LogP contribution < -0.4 is 0 Å². The molecule has 1 aromatic heterocycles. The molecule has 0 bridgehead atoms. The molecule has 174 valence electrons. The number of piperidine rings is 1. The Bertz CT molecular complexity index is 1310. The first-order valence-corrected chi connectivity index (χ1v) is 11.7. The number of fused-ring (bicyclic) bond motifs is 3. The highest BCUT2D eigenvalue weighted by molar-refractivity contribution is 6.36. The summed E-state index contributed by atoms with van der Waals surface area (Å²) in [6.07, 6.45) is 1.86. The van der Waals surface area contributed by atoms with Crippen LogP contribution in [0.5, 0.6) is 0 Å². The van der Waals surface area contributed by atoms with Crippen molar-refractivity contribution in [1.82, 2.24) is 19.7 Å². The average Bonchev–Trinajstić information content (AvgIpc) is 3.23. The van der Waals surface area contributed by atoms with Crippen LogP contribution in [0.3, 0.4) is 0 Å². The van der Waals surface area contributed by atoms with Crippen LogP contribution in [0.2, 0.25) is 10.0 Å². The lowest BCUT2D eigenvalue weighted by Gasteiger charge is -2.25. The normalized spacial score (nSPS) is 17.3. The molecule has 0 saturated carbocycles. The molecule has 5 rings (SSSR count). The maximum atomic E-state index is 13.1. The molecule has 0 N–H and O–H groups in total. The Kier molecular flexibility index (Phi) is 6.10. The Balaban J connectivity index is 1.70. The molecule has 8 nitrogen and oxygen atoms in total. The largest absolute Gasteiger partial charge is 0.432 e. The van der Waals surface area contributed by atoms with Gasteiger partial charge in [0.05, 0.1) is 11.4 Å². The molecule has 2 aliphatic heterocycles.